The number of halogens is 2. The van der Waals surface area contributed by atoms with E-state index in [0.29, 0.717) is 25.2 Å². The van der Waals surface area contributed by atoms with E-state index in [9.17, 15) is 13.6 Å². The summed E-state index contributed by atoms with van der Waals surface area (Å²) in [7, 11) is 0. The first-order valence-corrected chi connectivity index (χ1v) is 6.50. The van der Waals surface area contributed by atoms with Crippen molar-refractivity contribution in [1.29, 1.82) is 0 Å². The minimum atomic E-state index is -0.605. The van der Waals surface area contributed by atoms with Gasteiger partial charge in [-0.3, -0.25) is 4.79 Å². The number of rotatable bonds is 3. The van der Waals surface area contributed by atoms with Gasteiger partial charge in [-0.2, -0.15) is 15.4 Å². The van der Waals surface area contributed by atoms with Crippen molar-refractivity contribution in [2.45, 2.75) is 12.5 Å². The molecule has 1 fully saturated rings. The van der Waals surface area contributed by atoms with Crippen LogP contribution in [0.2, 0.25) is 0 Å². The molecule has 2 heterocycles. The van der Waals surface area contributed by atoms with Gasteiger partial charge in [0, 0.05) is 25.2 Å². The lowest BCUT2D eigenvalue weighted by molar-refractivity contribution is 0.0935. The van der Waals surface area contributed by atoms with E-state index < -0.39 is 11.6 Å². The van der Waals surface area contributed by atoms with E-state index in [1.807, 2.05) is 0 Å². The molecule has 0 radical (unpaired) electrons. The van der Waals surface area contributed by atoms with Gasteiger partial charge >= 0.3 is 0 Å². The van der Waals surface area contributed by atoms with E-state index in [1.54, 1.807) is 4.90 Å². The number of H-pyrrole nitrogens is 1. The molecule has 2 N–H and O–H groups in total. The molecular weight excluding hydrogens is 280 g/mol. The molecule has 2 aromatic rings. The fraction of sp³-hybridized carbons (Fsp3) is 0.308. The Kier molecular flexibility index (Phi) is 3.51. The fourth-order valence-corrected chi connectivity index (χ4v) is 2.40. The van der Waals surface area contributed by atoms with E-state index in [0.717, 1.165) is 6.07 Å². The van der Waals surface area contributed by atoms with Crippen LogP contribution in [0.15, 0.2) is 24.4 Å². The molecular formula is C13H13F2N5O. The topological polar surface area (TPSA) is 73.9 Å². The molecule has 0 aliphatic carbocycles. The molecule has 1 atom stereocenters. The predicted octanol–water partition coefficient (Wildman–Crippen LogP) is 1.09. The lowest BCUT2D eigenvalue weighted by atomic mass is 10.2. The smallest absolute Gasteiger partial charge is 0.273 e. The lowest BCUT2D eigenvalue weighted by Gasteiger charge is -2.19. The Balaban J connectivity index is 1.64. The minimum Gasteiger partial charge on any atom is -0.367 e. The average molecular weight is 293 g/mol. The Labute approximate surface area is 119 Å². The maximum Gasteiger partial charge on any atom is 0.273 e. The van der Waals surface area contributed by atoms with Gasteiger partial charge in [0.25, 0.3) is 5.91 Å². The van der Waals surface area contributed by atoms with Crippen LogP contribution in [0.3, 0.4) is 0 Å². The van der Waals surface area contributed by atoms with Gasteiger partial charge in [0.15, 0.2) is 5.69 Å². The van der Waals surface area contributed by atoms with Gasteiger partial charge in [-0.25, -0.2) is 8.78 Å². The third kappa shape index (κ3) is 2.83. The molecule has 0 bridgehead atoms. The molecule has 110 valence electrons. The summed E-state index contributed by atoms with van der Waals surface area (Å²) in [4.78, 5) is 13.6. The van der Waals surface area contributed by atoms with Crippen molar-refractivity contribution in [3.63, 3.8) is 0 Å². The van der Waals surface area contributed by atoms with Crippen molar-refractivity contribution in [2.24, 2.45) is 0 Å². The molecule has 0 saturated carbocycles. The van der Waals surface area contributed by atoms with E-state index in [4.69, 9.17) is 0 Å². The fourth-order valence-electron chi connectivity index (χ4n) is 2.40. The van der Waals surface area contributed by atoms with Crippen LogP contribution >= 0.6 is 0 Å². The summed E-state index contributed by atoms with van der Waals surface area (Å²) < 4.78 is 26.6. The second kappa shape index (κ2) is 5.47. The monoisotopic (exact) mass is 293 g/mol. The molecule has 8 heteroatoms. The van der Waals surface area contributed by atoms with E-state index >= 15 is 0 Å². The summed E-state index contributed by atoms with van der Waals surface area (Å²) >= 11 is 0. The number of benzene rings is 1. The number of aromatic nitrogens is 3. The van der Waals surface area contributed by atoms with Gasteiger partial charge in [0.05, 0.1) is 11.9 Å². The van der Waals surface area contributed by atoms with Crippen LogP contribution in [-0.4, -0.2) is 40.4 Å². The van der Waals surface area contributed by atoms with Gasteiger partial charge in [-0.05, 0) is 18.6 Å². The number of anilines is 1. The number of nitrogens with zero attached hydrogens (tertiary/aromatic N) is 3. The molecule has 1 aromatic heterocycles. The van der Waals surface area contributed by atoms with Crippen LogP contribution in [0.1, 0.15) is 16.9 Å². The predicted molar refractivity (Wildman–Crippen MR) is 70.8 cm³/mol. The molecule has 1 aliphatic heterocycles. The zero-order valence-electron chi connectivity index (χ0n) is 11.0. The SMILES string of the molecule is O=C(NC1CCN(c2ccc(F)cc2F)C1)c1cn[nH]n1. The second-order valence-corrected chi connectivity index (χ2v) is 4.86. The standard InChI is InChI=1S/C13H13F2N5O/c14-8-1-2-12(10(15)5-8)20-4-3-9(7-20)17-13(21)11-6-16-19-18-11/h1-2,5-6,9H,3-4,7H2,(H,17,21)(H,16,18,19). The van der Waals surface area contributed by atoms with Crippen LogP contribution < -0.4 is 10.2 Å². The molecule has 1 aromatic carbocycles. The number of amides is 1. The molecule has 1 unspecified atom stereocenters. The lowest BCUT2D eigenvalue weighted by Crippen LogP contribution is -2.37. The maximum absolute atomic E-state index is 13.7. The van der Waals surface area contributed by atoms with Gasteiger partial charge < -0.3 is 10.2 Å². The highest BCUT2D eigenvalue weighted by Crippen LogP contribution is 2.24. The van der Waals surface area contributed by atoms with Crippen LogP contribution in [0.25, 0.3) is 0 Å². The molecule has 3 rings (SSSR count). The Morgan fingerprint density at radius 2 is 2.29 bits per heavy atom. The highest BCUT2D eigenvalue weighted by atomic mass is 19.1. The van der Waals surface area contributed by atoms with Crippen molar-refractivity contribution < 1.29 is 13.6 Å². The van der Waals surface area contributed by atoms with Gasteiger partial charge in [0.1, 0.15) is 11.6 Å². The largest absolute Gasteiger partial charge is 0.367 e. The first-order valence-electron chi connectivity index (χ1n) is 6.50. The Morgan fingerprint density at radius 3 is 3.00 bits per heavy atom. The molecule has 1 aliphatic rings. The summed E-state index contributed by atoms with van der Waals surface area (Å²) in [6.07, 6.45) is 2.02. The summed E-state index contributed by atoms with van der Waals surface area (Å²) in [5, 5.41) is 12.4. The van der Waals surface area contributed by atoms with Crippen LogP contribution in [0.5, 0.6) is 0 Å². The zero-order chi connectivity index (χ0) is 14.8. The van der Waals surface area contributed by atoms with Crippen LogP contribution in [-0.2, 0) is 0 Å². The third-order valence-electron chi connectivity index (χ3n) is 3.42. The first-order chi connectivity index (χ1) is 10.1. The van der Waals surface area contributed by atoms with Crippen molar-refractivity contribution in [3.05, 3.63) is 41.7 Å². The minimum absolute atomic E-state index is 0.112. The maximum atomic E-state index is 13.7. The van der Waals surface area contributed by atoms with Crippen molar-refractivity contribution in [1.82, 2.24) is 20.7 Å². The van der Waals surface area contributed by atoms with Gasteiger partial charge in [0.2, 0.25) is 0 Å². The Hall–Kier alpha value is -2.51. The Morgan fingerprint density at radius 1 is 1.43 bits per heavy atom. The van der Waals surface area contributed by atoms with Crippen LogP contribution in [0, 0.1) is 11.6 Å². The summed E-state index contributed by atoms with van der Waals surface area (Å²) in [5.41, 5.74) is 0.552. The van der Waals surface area contributed by atoms with Crippen molar-refractivity contribution in [3.8, 4) is 0 Å². The van der Waals surface area contributed by atoms with Gasteiger partial charge in [-0.1, -0.05) is 0 Å². The van der Waals surface area contributed by atoms with Gasteiger partial charge in [-0.15, -0.1) is 0 Å². The Bertz CT molecular complexity index is 646. The van der Waals surface area contributed by atoms with E-state index in [-0.39, 0.29) is 17.6 Å². The molecule has 0 spiro atoms. The zero-order valence-corrected chi connectivity index (χ0v) is 11.0. The average Bonchev–Trinajstić information content (AvgIpc) is 3.09. The quantitative estimate of drug-likeness (QED) is 0.888. The molecule has 6 nitrogen and oxygen atoms in total. The molecule has 1 amide bonds. The molecule has 21 heavy (non-hydrogen) atoms. The number of aromatic amines is 1. The molecule has 1 saturated heterocycles. The number of carbonyl (C=O) groups is 1. The number of nitrogens with one attached hydrogen (secondary N) is 2. The van der Waals surface area contributed by atoms with E-state index in [2.05, 4.69) is 20.7 Å². The highest BCUT2D eigenvalue weighted by molar-refractivity contribution is 5.92. The number of carbonyl (C=O) groups excluding carboxylic acids is 1. The highest BCUT2D eigenvalue weighted by Gasteiger charge is 2.26. The number of hydrogen-bond acceptors (Lipinski definition) is 4. The summed E-state index contributed by atoms with van der Waals surface area (Å²) in [6, 6.07) is 3.38. The first kappa shape index (κ1) is 13.5. The summed E-state index contributed by atoms with van der Waals surface area (Å²) in [5.74, 6) is -1.53. The number of hydrogen-bond donors (Lipinski definition) is 2. The third-order valence-corrected chi connectivity index (χ3v) is 3.42. The second-order valence-electron chi connectivity index (χ2n) is 4.86. The van der Waals surface area contributed by atoms with Crippen molar-refractivity contribution >= 4 is 11.6 Å². The van der Waals surface area contributed by atoms with E-state index in [1.165, 1.54) is 18.3 Å². The van der Waals surface area contributed by atoms with Crippen molar-refractivity contribution in [2.75, 3.05) is 18.0 Å². The van der Waals surface area contributed by atoms with Crippen LogP contribution in [0.4, 0.5) is 14.5 Å². The normalized spacial score (nSPS) is 18.0. The summed E-state index contributed by atoms with van der Waals surface area (Å²) in [6.45, 7) is 1.05.